The lowest BCUT2D eigenvalue weighted by atomic mass is 9.87. The van der Waals surface area contributed by atoms with Crippen LogP contribution in [0.1, 0.15) is 19.4 Å². The summed E-state index contributed by atoms with van der Waals surface area (Å²) in [6.07, 6.45) is 1.11. The maximum atomic E-state index is 14.3. The van der Waals surface area contributed by atoms with Crippen LogP contribution < -0.4 is 4.90 Å². The van der Waals surface area contributed by atoms with Gasteiger partial charge in [-0.3, -0.25) is 19.2 Å². The number of nitrogens with zero attached hydrogens (tertiary/aromatic N) is 6. The van der Waals surface area contributed by atoms with Gasteiger partial charge in [-0.05, 0) is 49.2 Å². The fourth-order valence-corrected chi connectivity index (χ4v) is 8.28. The number of fused-ring (bicyclic) bond motifs is 2. The summed E-state index contributed by atoms with van der Waals surface area (Å²) in [5, 5.41) is 0.878. The Bertz CT molecular complexity index is 1690. The molecule has 3 amide bonds. The van der Waals surface area contributed by atoms with Gasteiger partial charge < -0.3 is 9.64 Å². The number of anilines is 2. The number of hydrogen-bond acceptors (Lipinski definition) is 7. The molecular formula is C28H29BrCl2N6O5S. The Labute approximate surface area is 268 Å². The van der Waals surface area contributed by atoms with E-state index in [0.29, 0.717) is 28.1 Å². The van der Waals surface area contributed by atoms with Crippen LogP contribution in [0.25, 0.3) is 0 Å². The van der Waals surface area contributed by atoms with Crippen LogP contribution in [0.15, 0.2) is 58.2 Å². The van der Waals surface area contributed by atoms with Crippen molar-refractivity contribution in [3.8, 4) is 0 Å². The quantitative estimate of drug-likeness (QED) is 0.353. The predicted molar refractivity (Wildman–Crippen MR) is 165 cm³/mol. The molecule has 0 aliphatic carbocycles. The van der Waals surface area contributed by atoms with Gasteiger partial charge in [0.1, 0.15) is 6.10 Å². The van der Waals surface area contributed by atoms with Crippen LogP contribution >= 0.6 is 39.1 Å². The van der Waals surface area contributed by atoms with Gasteiger partial charge in [0.15, 0.2) is 11.3 Å². The van der Waals surface area contributed by atoms with E-state index in [2.05, 4.69) is 20.9 Å². The van der Waals surface area contributed by atoms with Gasteiger partial charge in [-0.15, -0.1) is 0 Å². The number of benzene rings is 2. The van der Waals surface area contributed by atoms with Crippen molar-refractivity contribution in [3.63, 3.8) is 0 Å². The highest BCUT2D eigenvalue weighted by Crippen LogP contribution is 2.53. The number of amides is 3. The lowest BCUT2D eigenvalue weighted by Crippen LogP contribution is -2.54. The number of sulfonamides is 1. The van der Waals surface area contributed by atoms with Crippen LogP contribution in [0, 0.1) is 0 Å². The van der Waals surface area contributed by atoms with E-state index in [1.165, 1.54) is 29.4 Å². The molecule has 0 spiro atoms. The molecule has 228 valence electrons. The first-order valence-electron chi connectivity index (χ1n) is 13.6. The summed E-state index contributed by atoms with van der Waals surface area (Å²) < 4.78 is 38.9. The highest BCUT2D eigenvalue weighted by atomic mass is 79.9. The number of aromatic nitrogens is 2. The smallest absolute Gasteiger partial charge is 0.326 e. The minimum Gasteiger partial charge on any atom is -0.345 e. The Morgan fingerprint density at radius 1 is 1.09 bits per heavy atom. The van der Waals surface area contributed by atoms with E-state index in [-0.39, 0.29) is 43.2 Å². The third kappa shape index (κ3) is 5.33. The van der Waals surface area contributed by atoms with E-state index in [1.54, 1.807) is 22.8 Å². The monoisotopic (exact) mass is 710 g/mol. The number of halogens is 3. The number of piperazine rings is 1. The molecule has 43 heavy (non-hydrogen) atoms. The zero-order valence-corrected chi connectivity index (χ0v) is 27.5. The highest BCUT2D eigenvalue weighted by Gasteiger charge is 2.63. The minimum atomic E-state index is -4.07. The summed E-state index contributed by atoms with van der Waals surface area (Å²) in [6.45, 7) is 3.73. The Balaban J connectivity index is 1.39. The minimum absolute atomic E-state index is 0.0230. The van der Waals surface area contributed by atoms with Gasteiger partial charge in [0, 0.05) is 60.4 Å². The second-order valence-corrected chi connectivity index (χ2v) is 14.8. The lowest BCUT2D eigenvalue weighted by Gasteiger charge is -2.40. The van der Waals surface area contributed by atoms with E-state index in [1.807, 2.05) is 36.1 Å². The molecule has 11 nitrogen and oxygen atoms in total. The molecule has 3 atom stereocenters. The molecule has 15 heteroatoms. The molecule has 3 aliphatic heterocycles. The van der Waals surface area contributed by atoms with Crippen LogP contribution in [0.4, 0.5) is 16.4 Å². The number of hydrogen-bond donors (Lipinski definition) is 0. The van der Waals surface area contributed by atoms with Crippen molar-refractivity contribution >= 4 is 72.7 Å². The third-order valence-electron chi connectivity index (χ3n) is 8.25. The van der Waals surface area contributed by atoms with Gasteiger partial charge in [0.05, 0.1) is 11.7 Å². The van der Waals surface area contributed by atoms with Crippen molar-refractivity contribution in [1.82, 2.24) is 23.7 Å². The van der Waals surface area contributed by atoms with E-state index in [0.717, 1.165) is 14.9 Å². The number of imidazole rings is 1. The summed E-state index contributed by atoms with van der Waals surface area (Å²) in [5.41, 5.74) is 0.824. The SMILES string of the molecule is CC(=O)N(C)C(=O)N1CCN(S(=O)(=O)c2cnc3n2[C@](C)(Cc2ccc(Br)cc2)C2OC2N3c2cc(Cl)cc(Cl)c2)CC1. The van der Waals surface area contributed by atoms with Gasteiger partial charge in [0.25, 0.3) is 10.0 Å². The Morgan fingerprint density at radius 2 is 1.72 bits per heavy atom. The summed E-state index contributed by atoms with van der Waals surface area (Å²) >= 11 is 16.2. The van der Waals surface area contributed by atoms with Crippen molar-refractivity contribution in [2.24, 2.45) is 0 Å². The number of imide groups is 1. The molecule has 0 radical (unpaired) electrons. The van der Waals surface area contributed by atoms with Crippen LogP contribution in [0.2, 0.25) is 10.0 Å². The first kappa shape index (κ1) is 30.4. The predicted octanol–water partition coefficient (Wildman–Crippen LogP) is 4.69. The molecule has 6 rings (SSSR count). The van der Waals surface area contributed by atoms with Crippen molar-refractivity contribution in [3.05, 3.63) is 68.7 Å². The first-order valence-corrected chi connectivity index (χ1v) is 16.6. The van der Waals surface area contributed by atoms with Gasteiger partial charge >= 0.3 is 6.03 Å². The molecule has 2 saturated heterocycles. The third-order valence-corrected chi connectivity index (χ3v) is 11.1. The van der Waals surface area contributed by atoms with Gasteiger partial charge in [-0.25, -0.2) is 18.2 Å². The van der Waals surface area contributed by atoms with Gasteiger partial charge in [0.2, 0.25) is 11.9 Å². The average molecular weight is 712 g/mol. The summed E-state index contributed by atoms with van der Waals surface area (Å²) in [4.78, 5) is 33.3. The number of epoxide rings is 1. The molecule has 3 aliphatic rings. The maximum absolute atomic E-state index is 14.3. The molecule has 3 aromatic rings. The van der Waals surface area contributed by atoms with Crippen LogP contribution in [0.3, 0.4) is 0 Å². The van der Waals surface area contributed by atoms with Crippen molar-refractivity contribution in [2.45, 2.75) is 43.2 Å². The number of carbonyl (C=O) groups excluding carboxylic acids is 2. The molecule has 0 N–H and O–H groups in total. The Hall–Kier alpha value is -2.68. The fraction of sp³-hybridized carbons (Fsp3) is 0.393. The number of carbonyl (C=O) groups is 2. The molecular weight excluding hydrogens is 683 g/mol. The van der Waals surface area contributed by atoms with Crippen LogP contribution in [0.5, 0.6) is 0 Å². The van der Waals surface area contributed by atoms with Crippen molar-refractivity contribution in [2.75, 3.05) is 38.1 Å². The second-order valence-electron chi connectivity index (χ2n) is 11.1. The number of rotatable bonds is 5. The summed E-state index contributed by atoms with van der Waals surface area (Å²) in [5.74, 6) is 0.00862. The topological polar surface area (TPSA) is 112 Å². The fourth-order valence-electron chi connectivity index (χ4n) is 5.89. The largest absolute Gasteiger partial charge is 0.345 e. The normalized spacial score (nSPS) is 23.5. The number of urea groups is 1. The Morgan fingerprint density at radius 3 is 2.33 bits per heavy atom. The molecule has 0 saturated carbocycles. The lowest BCUT2D eigenvalue weighted by molar-refractivity contribution is -0.125. The van der Waals surface area contributed by atoms with Crippen molar-refractivity contribution in [1.29, 1.82) is 0 Å². The second kappa shape index (κ2) is 11.0. The maximum Gasteiger partial charge on any atom is 0.326 e. The standard InChI is InChI=1S/C28H29BrCl2N6O5S/c1-17(38)33(3)27(39)34-8-10-35(11-9-34)43(40,41)23-16-32-26-36(22-13-20(30)12-21(31)14-22)25-24(42-25)28(2,37(23)26)15-18-4-6-19(29)7-5-18/h4-7,12-14,16,24-25H,8-11,15H2,1-3H3/t24?,25?,28-/m1/s1. The average Bonchev–Trinajstić information content (AvgIpc) is 3.63. The van der Waals surface area contributed by atoms with Crippen LogP contribution in [-0.4, -0.2) is 89.6 Å². The molecule has 2 fully saturated rings. The van der Waals surface area contributed by atoms with E-state index < -0.39 is 27.8 Å². The van der Waals surface area contributed by atoms with E-state index in [4.69, 9.17) is 27.9 Å². The zero-order chi connectivity index (χ0) is 30.8. The molecule has 2 unspecified atom stereocenters. The zero-order valence-electron chi connectivity index (χ0n) is 23.6. The Kier molecular flexibility index (Phi) is 7.79. The van der Waals surface area contributed by atoms with E-state index in [9.17, 15) is 18.0 Å². The summed E-state index contributed by atoms with van der Waals surface area (Å²) in [6, 6.07) is 12.5. The first-order chi connectivity index (χ1) is 20.3. The van der Waals surface area contributed by atoms with E-state index >= 15 is 0 Å². The molecule has 4 heterocycles. The van der Waals surface area contributed by atoms with Gasteiger partial charge in [-0.1, -0.05) is 51.3 Å². The summed E-state index contributed by atoms with van der Waals surface area (Å²) in [7, 11) is -2.66. The van der Waals surface area contributed by atoms with Gasteiger partial charge in [-0.2, -0.15) is 4.31 Å². The highest BCUT2D eigenvalue weighted by molar-refractivity contribution is 9.10. The molecule has 0 bridgehead atoms. The van der Waals surface area contributed by atoms with Crippen molar-refractivity contribution < 1.29 is 22.7 Å². The number of ether oxygens (including phenoxy) is 1. The van der Waals surface area contributed by atoms with Crippen LogP contribution in [-0.2, 0) is 31.5 Å². The molecule has 1 aromatic heterocycles. The molecule has 2 aromatic carbocycles.